The van der Waals surface area contributed by atoms with Gasteiger partial charge in [-0.25, -0.2) is 22.9 Å². The highest BCUT2D eigenvalue weighted by Crippen LogP contribution is 2.37. The molecule has 48 heavy (non-hydrogen) atoms. The molecule has 1 aromatic heterocycles. The summed E-state index contributed by atoms with van der Waals surface area (Å²) in [7, 11) is -4.61. The molecule has 1 aliphatic carbocycles. The Morgan fingerprint density at radius 3 is 1.83 bits per heavy atom. The molecule has 2 aromatic carbocycles. The molecule has 0 saturated heterocycles. The van der Waals surface area contributed by atoms with Crippen molar-refractivity contribution in [3.05, 3.63) is 53.6 Å². The number of alkyl halides is 9. The van der Waals surface area contributed by atoms with Gasteiger partial charge in [-0.2, -0.15) is 44.5 Å². The summed E-state index contributed by atoms with van der Waals surface area (Å²) in [5.41, 5.74) is -2.65. The van der Waals surface area contributed by atoms with Gasteiger partial charge in [-0.05, 0) is 67.9 Å². The third-order valence-corrected chi connectivity index (χ3v) is 8.60. The molecule has 1 fully saturated rings. The molecule has 0 atom stereocenters. The van der Waals surface area contributed by atoms with E-state index in [9.17, 15) is 47.9 Å². The average molecular weight is 720 g/mol. The van der Waals surface area contributed by atoms with Crippen LogP contribution in [0.1, 0.15) is 36.8 Å². The van der Waals surface area contributed by atoms with Crippen LogP contribution < -0.4 is 15.4 Å². The lowest BCUT2D eigenvalue weighted by atomic mass is 9.82. The zero-order valence-corrected chi connectivity index (χ0v) is 25.5. The molecule has 0 aliphatic heterocycles. The Hall–Kier alpha value is -3.91. The van der Waals surface area contributed by atoms with Crippen molar-refractivity contribution in [2.24, 2.45) is 11.8 Å². The van der Waals surface area contributed by atoms with E-state index in [0.29, 0.717) is 37.7 Å². The smallest absolute Gasteiger partial charge is 0.475 e. The van der Waals surface area contributed by atoms with Gasteiger partial charge in [-0.15, -0.1) is 0 Å². The van der Waals surface area contributed by atoms with E-state index in [1.165, 1.54) is 0 Å². The Labute approximate surface area is 267 Å². The van der Waals surface area contributed by atoms with Crippen LogP contribution in [0, 0.1) is 11.8 Å². The molecule has 5 N–H and O–H groups in total. The van der Waals surface area contributed by atoms with Crippen LogP contribution in [0.3, 0.4) is 0 Å². The number of carbonyl (C=O) groups is 1. The number of hydrogen-bond donors (Lipinski definition) is 5. The number of halogens is 9. The standard InChI is InChI=1S/C26H29F6N5O3S.C2HF3O2/c27-25(28,29)18-11-19(26(30,31)32)13-20(12-18)41(39,40)35-15-17-7-5-16(6-8-17)14-34-24-36-22-4-2-1-3-21(22)23(37-24)33-9-10-38;3-2(4,5)1(6)7/h1-4,11-13,16-17,35,38H,5-10,14-15H2,(H2,33,34,36,37);(H,6,7). The number of aliphatic hydroxyl groups excluding tert-OH is 1. The molecule has 0 unspecified atom stereocenters. The predicted molar refractivity (Wildman–Crippen MR) is 154 cm³/mol. The summed E-state index contributed by atoms with van der Waals surface area (Å²) >= 11 is 0. The Balaban J connectivity index is 0.000000804. The van der Waals surface area contributed by atoms with Gasteiger partial charge in [0.2, 0.25) is 16.0 Å². The predicted octanol–water partition coefficient (Wildman–Crippen LogP) is 5.90. The first-order chi connectivity index (χ1) is 22.2. The Morgan fingerprint density at radius 2 is 1.33 bits per heavy atom. The zero-order valence-electron chi connectivity index (χ0n) is 24.7. The maximum Gasteiger partial charge on any atom is 0.490 e. The van der Waals surface area contributed by atoms with Crippen LogP contribution in [-0.4, -0.2) is 67.0 Å². The van der Waals surface area contributed by atoms with Crippen molar-refractivity contribution in [1.29, 1.82) is 0 Å². The largest absolute Gasteiger partial charge is 0.490 e. The molecule has 266 valence electrons. The summed E-state index contributed by atoms with van der Waals surface area (Å²) in [5, 5.41) is 23.4. The second-order valence-electron chi connectivity index (χ2n) is 10.7. The first kappa shape index (κ1) is 38.5. The Kier molecular flexibility index (Phi) is 12.5. The van der Waals surface area contributed by atoms with Crippen molar-refractivity contribution in [3.8, 4) is 0 Å². The van der Waals surface area contributed by atoms with E-state index in [1.54, 1.807) is 0 Å². The van der Waals surface area contributed by atoms with E-state index >= 15 is 0 Å². The number of aromatic nitrogens is 2. The van der Waals surface area contributed by atoms with Crippen LogP contribution in [-0.2, 0) is 27.2 Å². The molecule has 0 spiro atoms. The molecule has 0 radical (unpaired) electrons. The van der Waals surface area contributed by atoms with Crippen molar-refractivity contribution < 1.29 is 62.9 Å². The summed E-state index contributed by atoms with van der Waals surface area (Å²) in [5.74, 6) is -1.65. The summed E-state index contributed by atoms with van der Waals surface area (Å²) in [4.78, 5) is 16.8. The quantitative estimate of drug-likeness (QED) is 0.161. The van der Waals surface area contributed by atoms with Gasteiger partial charge in [0.25, 0.3) is 0 Å². The van der Waals surface area contributed by atoms with Crippen LogP contribution >= 0.6 is 0 Å². The number of rotatable bonds is 10. The molecule has 0 amide bonds. The topological polar surface area (TPSA) is 154 Å². The summed E-state index contributed by atoms with van der Waals surface area (Å²) < 4.78 is 138. The molecule has 10 nitrogen and oxygen atoms in total. The number of sulfonamides is 1. The number of benzene rings is 2. The van der Waals surface area contributed by atoms with Crippen LogP contribution in [0.2, 0.25) is 0 Å². The first-order valence-electron chi connectivity index (χ1n) is 14.2. The number of hydrogen-bond acceptors (Lipinski definition) is 8. The van der Waals surface area contributed by atoms with E-state index in [2.05, 4.69) is 25.3 Å². The summed E-state index contributed by atoms with van der Waals surface area (Å²) in [6, 6.07) is 7.75. The summed E-state index contributed by atoms with van der Waals surface area (Å²) in [6.07, 6.45) is -12.7. The number of nitrogens with one attached hydrogen (secondary N) is 3. The third-order valence-electron chi connectivity index (χ3n) is 7.20. The van der Waals surface area contributed by atoms with Gasteiger partial charge < -0.3 is 20.8 Å². The maximum absolute atomic E-state index is 13.1. The number of carboxylic acid groups (broad SMARTS) is 1. The molecule has 1 aliphatic rings. The number of nitrogens with zero attached hydrogens (tertiary/aromatic N) is 2. The minimum atomic E-state index is -5.15. The van der Waals surface area contributed by atoms with Crippen molar-refractivity contribution in [3.63, 3.8) is 0 Å². The molecule has 4 rings (SSSR count). The fourth-order valence-corrected chi connectivity index (χ4v) is 5.92. The lowest BCUT2D eigenvalue weighted by molar-refractivity contribution is -0.192. The van der Waals surface area contributed by atoms with Crippen molar-refractivity contribution in [1.82, 2.24) is 14.7 Å². The SMILES string of the molecule is O=C(O)C(F)(F)F.O=S(=O)(NCC1CCC(CNc2nc(NCCO)c3ccccc3n2)CC1)c1cc(C(F)(F)F)cc(C(F)(F)F)c1. The first-order valence-corrected chi connectivity index (χ1v) is 15.6. The second-order valence-corrected chi connectivity index (χ2v) is 12.5. The average Bonchev–Trinajstić information content (AvgIpc) is 3.01. The number of fused-ring (bicyclic) bond motifs is 1. The monoisotopic (exact) mass is 719 g/mol. The molecule has 3 aromatic rings. The second kappa shape index (κ2) is 15.5. The normalized spacial score (nSPS) is 17.4. The number of anilines is 2. The molecule has 0 bridgehead atoms. The van der Waals surface area contributed by atoms with Gasteiger partial charge in [-0.3, -0.25) is 0 Å². The fraction of sp³-hybridized carbons (Fsp3) is 0.464. The van der Waals surface area contributed by atoms with Crippen LogP contribution in [0.25, 0.3) is 10.9 Å². The van der Waals surface area contributed by atoms with E-state index in [0.717, 1.165) is 23.7 Å². The van der Waals surface area contributed by atoms with E-state index < -0.39 is 50.5 Å². The van der Waals surface area contributed by atoms with Crippen molar-refractivity contribution in [2.75, 3.05) is 36.9 Å². The molecular formula is C28H30F9N5O5S. The van der Waals surface area contributed by atoms with E-state index in [4.69, 9.17) is 15.0 Å². The highest BCUT2D eigenvalue weighted by atomic mass is 32.2. The minimum Gasteiger partial charge on any atom is -0.475 e. The minimum absolute atomic E-state index is 0.0605. The Morgan fingerprint density at radius 1 is 0.812 bits per heavy atom. The van der Waals surface area contributed by atoms with Crippen LogP contribution in [0.5, 0.6) is 0 Å². The zero-order chi connectivity index (χ0) is 35.9. The molecule has 1 saturated carbocycles. The lowest BCUT2D eigenvalue weighted by Crippen LogP contribution is -2.32. The molecule has 20 heteroatoms. The van der Waals surface area contributed by atoms with Crippen molar-refractivity contribution >= 4 is 38.7 Å². The molecular weight excluding hydrogens is 689 g/mol. The lowest BCUT2D eigenvalue weighted by Gasteiger charge is -2.28. The van der Waals surface area contributed by atoms with Gasteiger partial charge >= 0.3 is 24.5 Å². The van der Waals surface area contributed by atoms with E-state index in [-0.39, 0.29) is 43.2 Å². The Bertz CT molecular complexity index is 1630. The van der Waals surface area contributed by atoms with Gasteiger partial charge in [0.1, 0.15) is 5.82 Å². The number of aliphatic hydroxyl groups is 1. The van der Waals surface area contributed by atoms with Gasteiger partial charge in [0.15, 0.2) is 0 Å². The van der Waals surface area contributed by atoms with Gasteiger partial charge in [0.05, 0.1) is 28.1 Å². The highest BCUT2D eigenvalue weighted by molar-refractivity contribution is 7.89. The van der Waals surface area contributed by atoms with Crippen LogP contribution in [0.4, 0.5) is 51.3 Å². The number of aliphatic carboxylic acids is 1. The maximum atomic E-state index is 13.1. The number of carboxylic acids is 1. The van der Waals surface area contributed by atoms with Gasteiger partial charge in [-0.1, -0.05) is 12.1 Å². The fourth-order valence-electron chi connectivity index (χ4n) is 4.73. The van der Waals surface area contributed by atoms with Crippen molar-refractivity contribution in [2.45, 2.75) is 49.1 Å². The number of para-hydroxylation sites is 1. The van der Waals surface area contributed by atoms with Crippen LogP contribution in [0.15, 0.2) is 47.4 Å². The third kappa shape index (κ3) is 11.1. The van der Waals surface area contributed by atoms with E-state index in [1.807, 2.05) is 24.3 Å². The summed E-state index contributed by atoms with van der Waals surface area (Å²) in [6.45, 7) is 0.717. The highest BCUT2D eigenvalue weighted by Gasteiger charge is 2.39. The molecule has 1 heterocycles. The van der Waals surface area contributed by atoms with Gasteiger partial charge in [0, 0.05) is 25.0 Å².